The molecule has 0 spiro atoms. The Morgan fingerprint density at radius 1 is 1.03 bits per heavy atom. The minimum absolute atomic E-state index is 0.333. The topological polar surface area (TPSA) is 63.9 Å². The average Bonchev–Trinajstić information content (AvgIpc) is 3.10. The van der Waals surface area contributed by atoms with Gasteiger partial charge in [-0.25, -0.2) is 4.79 Å². The molecule has 1 saturated carbocycles. The lowest BCUT2D eigenvalue weighted by Crippen LogP contribution is -2.40. The summed E-state index contributed by atoms with van der Waals surface area (Å²) in [5.74, 6) is 1.31. The second-order valence-electron chi connectivity index (χ2n) is 10.7. The lowest BCUT2D eigenvalue weighted by Gasteiger charge is -2.32. The van der Waals surface area contributed by atoms with Gasteiger partial charge in [-0.2, -0.15) is 0 Å². The van der Waals surface area contributed by atoms with E-state index in [-0.39, 0.29) is 0 Å². The third-order valence-corrected chi connectivity index (χ3v) is 8.51. The van der Waals surface area contributed by atoms with E-state index in [1.165, 1.54) is 68.0 Å². The van der Waals surface area contributed by atoms with Crippen LogP contribution >= 0.6 is 0 Å². The Balaban J connectivity index is 1.41. The molecule has 0 radical (unpaired) electrons. The molecule has 1 unspecified atom stereocenters. The summed E-state index contributed by atoms with van der Waals surface area (Å²) in [6.45, 7) is 3.07. The maximum atomic E-state index is 11.8. The predicted molar refractivity (Wildman–Crippen MR) is 141 cm³/mol. The summed E-state index contributed by atoms with van der Waals surface area (Å²) in [5.41, 5.74) is 4.99. The lowest BCUT2D eigenvalue weighted by molar-refractivity contribution is 0.0697. The molecule has 190 valence electrons. The highest BCUT2D eigenvalue weighted by atomic mass is 16.5. The number of likely N-dealkylation sites (N-methyl/N-ethyl adjacent to an activating group) is 1. The minimum Gasteiger partial charge on any atom is -0.492 e. The number of carboxylic acids is 1. The molecule has 6 heteroatoms. The van der Waals surface area contributed by atoms with Gasteiger partial charge in [0.1, 0.15) is 24.7 Å². The first kappa shape index (κ1) is 23.4. The number of ether oxygens (including phenoxy) is 2. The van der Waals surface area contributed by atoms with Crippen LogP contribution in [0, 0.1) is 0 Å². The summed E-state index contributed by atoms with van der Waals surface area (Å²) in [4.78, 5) is 14.2. The van der Waals surface area contributed by atoms with Crippen molar-refractivity contribution < 1.29 is 19.4 Å². The van der Waals surface area contributed by atoms with Gasteiger partial charge in [0.25, 0.3) is 0 Å². The molecule has 2 aliphatic heterocycles. The van der Waals surface area contributed by atoms with Crippen LogP contribution in [0.1, 0.15) is 73.2 Å². The summed E-state index contributed by atoms with van der Waals surface area (Å²) < 4.78 is 14.8. The first-order valence-electron chi connectivity index (χ1n) is 13.6. The molecule has 6 nitrogen and oxygen atoms in total. The molecule has 0 bridgehead atoms. The van der Waals surface area contributed by atoms with Crippen molar-refractivity contribution in [3.63, 3.8) is 0 Å². The van der Waals surface area contributed by atoms with Crippen molar-refractivity contribution >= 4 is 16.9 Å². The SMILES string of the molecule is CN1CCCCC1COc1ccc2c(c1)OCCn1c-2c(C2CCCCC2)c2ccc(C(=O)O)cc21. The first-order chi connectivity index (χ1) is 17.6. The molecule has 1 aromatic heterocycles. The van der Waals surface area contributed by atoms with E-state index in [0.717, 1.165) is 29.1 Å². The van der Waals surface area contributed by atoms with E-state index in [9.17, 15) is 9.90 Å². The predicted octanol–water partition coefficient (Wildman–Crippen LogP) is 6.31. The maximum absolute atomic E-state index is 11.8. The zero-order chi connectivity index (χ0) is 24.6. The first-order valence-corrected chi connectivity index (χ1v) is 13.6. The molecule has 2 aromatic carbocycles. The number of fused-ring (bicyclic) bond motifs is 5. The molecule has 3 aliphatic rings. The van der Waals surface area contributed by atoms with Crippen molar-refractivity contribution in [2.45, 2.75) is 69.9 Å². The van der Waals surface area contributed by atoms with Gasteiger partial charge < -0.3 is 24.0 Å². The van der Waals surface area contributed by atoms with Gasteiger partial charge in [-0.05, 0) is 75.0 Å². The Morgan fingerprint density at radius 2 is 1.86 bits per heavy atom. The van der Waals surface area contributed by atoms with E-state index in [1.54, 1.807) is 6.07 Å². The number of rotatable bonds is 5. The summed E-state index contributed by atoms with van der Waals surface area (Å²) in [7, 11) is 2.19. The fraction of sp³-hybridized carbons (Fsp3) is 0.500. The number of hydrogen-bond donors (Lipinski definition) is 1. The van der Waals surface area contributed by atoms with Gasteiger partial charge in [0.15, 0.2) is 0 Å². The summed E-state index contributed by atoms with van der Waals surface area (Å²) in [6, 6.07) is 12.4. The molecule has 6 rings (SSSR count). The van der Waals surface area contributed by atoms with Crippen molar-refractivity contribution in [2.24, 2.45) is 0 Å². The molecule has 1 aliphatic carbocycles. The summed E-state index contributed by atoms with van der Waals surface area (Å²) >= 11 is 0. The highest BCUT2D eigenvalue weighted by molar-refractivity contribution is 5.98. The number of aromatic carboxylic acids is 1. The van der Waals surface area contributed by atoms with E-state index in [2.05, 4.69) is 34.7 Å². The second kappa shape index (κ2) is 9.81. The smallest absolute Gasteiger partial charge is 0.335 e. The quantitative estimate of drug-likeness (QED) is 0.456. The van der Waals surface area contributed by atoms with E-state index in [1.807, 2.05) is 12.1 Å². The van der Waals surface area contributed by atoms with E-state index in [0.29, 0.717) is 37.3 Å². The van der Waals surface area contributed by atoms with Gasteiger partial charge >= 0.3 is 5.97 Å². The van der Waals surface area contributed by atoms with E-state index in [4.69, 9.17) is 9.47 Å². The van der Waals surface area contributed by atoms with Crippen LogP contribution in [-0.2, 0) is 6.54 Å². The van der Waals surface area contributed by atoms with Gasteiger partial charge in [-0.1, -0.05) is 31.7 Å². The highest BCUT2D eigenvalue weighted by Gasteiger charge is 2.30. The minimum atomic E-state index is -0.887. The molecule has 1 saturated heterocycles. The number of nitrogens with zero attached hydrogens (tertiary/aromatic N) is 2. The lowest BCUT2D eigenvalue weighted by atomic mass is 9.81. The van der Waals surface area contributed by atoms with Crippen molar-refractivity contribution in [3.8, 4) is 22.8 Å². The molecular weight excluding hydrogens is 452 g/mol. The summed E-state index contributed by atoms with van der Waals surface area (Å²) in [5, 5.41) is 10.8. The van der Waals surface area contributed by atoms with Crippen LogP contribution in [0.4, 0.5) is 0 Å². The van der Waals surface area contributed by atoms with Gasteiger partial charge in [0.2, 0.25) is 0 Å². The Morgan fingerprint density at radius 3 is 2.67 bits per heavy atom. The number of carbonyl (C=O) groups is 1. The van der Waals surface area contributed by atoms with Crippen LogP contribution in [0.3, 0.4) is 0 Å². The Kier molecular flexibility index (Phi) is 6.38. The van der Waals surface area contributed by atoms with E-state index < -0.39 is 5.97 Å². The van der Waals surface area contributed by atoms with Crippen LogP contribution in [0.25, 0.3) is 22.2 Å². The van der Waals surface area contributed by atoms with Gasteiger partial charge in [-0.15, -0.1) is 0 Å². The zero-order valence-electron chi connectivity index (χ0n) is 21.2. The van der Waals surface area contributed by atoms with Crippen molar-refractivity contribution in [2.75, 3.05) is 26.8 Å². The fourth-order valence-corrected chi connectivity index (χ4v) is 6.54. The average molecular weight is 489 g/mol. The third kappa shape index (κ3) is 4.26. The monoisotopic (exact) mass is 488 g/mol. The molecule has 36 heavy (non-hydrogen) atoms. The number of hydrogen-bond acceptors (Lipinski definition) is 4. The largest absolute Gasteiger partial charge is 0.492 e. The zero-order valence-corrected chi connectivity index (χ0v) is 21.2. The van der Waals surface area contributed by atoms with E-state index >= 15 is 0 Å². The van der Waals surface area contributed by atoms with Crippen molar-refractivity contribution in [1.29, 1.82) is 0 Å². The maximum Gasteiger partial charge on any atom is 0.335 e. The molecule has 3 heterocycles. The standard InChI is InChI=1S/C30H36N2O4/c1-31-14-6-5-9-22(31)19-36-23-11-13-25-27(18-23)35-16-15-32-26-17-21(30(33)34)10-12-24(26)28(29(25)32)20-7-3-2-4-8-20/h10-13,17-18,20,22H,2-9,14-16,19H2,1H3,(H,33,34). The molecular formula is C30H36N2O4. The number of benzene rings is 2. The Bertz CT molecular complexity index is 1270. The molecule has 3 aromatic rings. The van der Waals surface area contributed by atoms with Crippen molar-refractivity contribution in [3.05, 3.63) is 47.5 Å². The number of aromatic nitrogens is 1. The van der Waals surface area contributed by atoms with Crippen LogP contribution in [-0.4, -0.2) is 53.4 Å². The summed E-state index contributed by atoms with van der Waals surface area (Å²) in [6.07, 6.45) is 9.86. The van der Waals surface area contributed by atoms with Gasteiger partial charge in [-0.3, -0.25) is 0 Å². The Hall–Kier alpha value is -2.99. The normalized spacial score (nSPS) is 20.9. The molecule has 2 fully saturated rings. The van der Waals surface area contributed by atoms with Gasteiger partial charge in [0.05, 0.1) is 17.8 Å². The second-order valence-corrected chi connectivity index (χ2v) is 10.7. The number of carboxylic acid groups (broad SMARTS) is 1. The van der Waals surface area contributed by atoms with Crippen molar-refractivity contribution in [1.82, 2.24) is 9.47 Å². The van der Waals surface area contributed by atoms with Crippen LogP contribution in [0.5, 0.6) is 11.5 Å². The van der Waals surface area contributed by atoms with Crippen LogP contribution < -0.4 is 9.47 Å². The number of piperidine rings is 1. The number of likely N-dealkylation sites (tertiary alicyclic amines) is 1. The molecule has 0 amide bonds. The molecule has 1 atom stereocenters. The Labute approximate surface area is 212 Å². The van der Waals surface area contributed by atoms with Crippen LogP contribution in [0.15, 0.2) is 36.4 Å². The van der Waals surface area contributed by atoms with Crippen LogP contribution in [0.2, 0.25) is 0 Å². The fourth-order valence-electron chi connectivity index (χ4n) is 6.54. The highest BCUT2D eigenvalue weighted by Crippen LogP contribution is 2.47. The van der Waals surface area contributed by atoms with Gasteiger partial charge in [0, 0.05) is 28.6 Å². The molecule has 1 N–H and O–H groups in total. The third-order valence-electron chi connectivity index (χ3n) is 8.51.